The van der Waals surface area contributed by atoms with E-state index < -0.39 is 5.60 Å². The minimum Gasteiger partial charge on any atom is -0.444 e. The molecule has 0 spiro atoms. The second kappa shape index (κ2) is 6.77. The average molecular weight is 319 g/mol. The van der Waals surface area contributed by atoms with Crippen molar-refractivity contribution in [3.8, 4) is 0 Å². The first-order valence-corrected chi connectivity index (χ1v) is 8.38. The molecule has 0 aromatic heterocycles. The summed E-state index contributed by atoms with van der Waals surface area (Å²) in [6.07, 6.45) is 7.78. The molecule has 23 heavy (non-hydrogen) atoms. The third-order valence-corrected chi connectivity index (χ3v) is 4.18. The Labute approximate surface area is 139 Å². The fraction of sp³-hybridized carbons (Fsp3) is 0.667. The second-order valence-corrected chi connectivity index (χ2v) is 7.10. The highest BCUT2D eigenvalue weighted by atomic mass is 16.6. The molecule has 5 heteroatoms. The fourth-order valence-electron chi connectivity index (χ4n) is 3.25. The molecule has 2 unspecified atom stereocenters. The number of allylic oxidation sites excluding steroid dienone is 3. The smallest absolute Gasteiger partial charge is 0.410 e. The van der Waals surface area contributed by atoms with Crippen LogP contribution in [0.4, 0.5) is 4.79 Å². The number of amides is 1. The van der Waals surface area contributed by atoms with Crippen LogP contribution < -0.4 is 0 Å². The van der Waals surface area contributed by atoms with E-state index >= 15 is 0 Å². The summed E-state index contributed by atoms with van der Waals surface area (Å²) in [5, 5.41) is 0. The fourth-order valence-corrected chi connectivity index (χ4v) is 3.25. The molecule has 2 aliphatic rings. The lowest BCUT2D eigenvalue weighted by Gasteiger charge is -2.33. The van der Waals surface area contributed by atoms with Crippen molar-refractivity contribution < 1.29 is 9.53 Å². The number of nitrogens with zero attached hydrogens (tertiary/aromatic N) is 3. The molecule has 0 aliphatic carbocycles. The van der Waals surface area contributed by atoms with Crippen molar-refractivity contribution in [3.05, 3.63) is 23.9 Å². The average Bonchev–Trinajstić information content (AvgIpc) is 3.02. The van der Waals surface area contributed by atoms with Crippen molar-refractivity contribution in [1.29, 1.82) is 0 Å². The van der Waals surface area contributed by atoms with Gasteiger partial charge in [-0.3, -0.25) is 4.99 Å². The summed E-state index contributed by atoms with van der Waals surface area (Å²) in [5.41, 5.74) is 1.63. The van der Waals surface area contributed by atoms with Crippen LogP contribution in [0.5, 0.6) is 0 Å². The van der Waals surface area contributed by atoms with E-state index in [1.807, 2.05) is 58.7 Å². The van der Waals surface area contributed by atoms with Crippen LogP contribution in [0.25, 0.3) is 0 Å². The number of hydrogen-bond donors (Lipinski definition) is 0. The summed E-state index contributed by atoms with van der Waals surface area (Å²) < 4.78 is 5.57. The minimum absolute atomic E-state index is 0.0394. The number of likely N-dealkylation sites (N-methyl/N-ethyl adjacent to an activating group) is 1. The maximum absolute atomic E-state index is 12.5. The molecule has 0 bridgehead atoms. The quantitative estimate of drug-likeness (QED) is 0.781. The van der Waals surface area contributed by atoms with Crippen molar-refractivity contribution in [2.24, 2.45) is 4.99 Å². The zero-order valence-corrected chi connectivity index (χ0v) is 15.2. The predicted molar refractivity (Wildman–Crippen MR) is 93.5 cm³/mol. The first-order chi connectivity index (χ1) is 10.8. The highest BCUT2D eigenvalue weighted by molar-refractivity contribution is 6.09. The zero-order valence-electron chi connectivity index (χ0n) is 15.2. The molecular weight excluding hydrogens is 290 g/mol. The van der Waals surface area contributed by atoms with Gasteiger partial charge in [0.05, 0.1) is 17.5 Å². The Morgan fingerprint density at radius 3 is 2.61 bits per heavy atom. The van der Waals surface area contributed by atoms with Gasteiger partial charge >= 0.3 is 6.09 Å². The topological polar surface area (TPSA) is 45.1 Å². The molecular formula is C18H29N3O2. The molecule has 5 nitrogen and oxygen atoms in total. The maximum atomic E-state index is 12.5. The van der Waals surface area contributed by atoms with E-state index in [-0.39, 0.29) is 18.3 Å². The third kappa shape index (κ3) is 3.77. The molecule has 0 N–H and O–H groups in total. The van der Waals surface area contributed by atoms with E-state index in [9.17, 15) is 4.79 Å². The third-order valence-electron chi connectivity index (χ3n) is 4.18. The van der Waals surface area contributed by atoms with Gasteiger partial charge in [0, 0.05) is 13.6 Å². The highest BCUT2D eigenvalue weighted by Gasteiger charge is 2.41. The first kappa shape index (κ1) is 17.6. The maximum Gasteiger partial charge on any atom is 0.410 e. The summed E-state index contributed by atoms with van der Waals surface area (Å²) in [7, 11) is 2.05. The van der Waals surface area contributed by atoms with Crippen molar-refractivity contribution in [3.63, 3.8) is 0 Å². The summed E-state index contributed by atoms with van der Waals surface area (Å²) in [6, 6.07) is 0.0626. The highest BCUT2D eigenvalue weighted by Crippen LogP contribution is 2.31. The number of hydrogen-bond acceptors (Lipinski definition) is 4. The van der Waals surface area contributed by atoms with E-state index in [2.05, 4.69) is 11.0 Å². The molecule has 1 saturated heterocycles. The number of rotatable bonds is 2. The summed E-state index contributed by atoms with van der Waals surface area (Å²) in [4.78, 5) is 21.4. The van der Waals surface area contributed by atoms with Gasteiger partial charge in [-0.05, 0) is 53.5 Å². The Kier molecular flexibility index (Phi) is 5.17. The van der Waals surface area contributed by atoms with E-state index in [4.69, 9.17) is 9.73 Å². The van der Waals surface area contributed by atoms with E-state index in [1.165, 1.54) is 0 Å². The molecule has 2 rings (SSSR count). The van der Waals surface area contributed by atoms with Gasteiger partial charge < -0.3 is 14.5 Å². The van der Waals surface area contributed by atoms with Gasteiger partial charge in [0.15, 0.2) is 0 Å². The van der Waals surface area contributed by atoms with Crippen molar-refractivity contribution in [2.45, 2.75) is 65.3 Å². The SMILES string of the molecule is C/C=C\C1=NC(C2CCCN2C(=O)OC(C)(C)C)N(C)/C1=C/C. The van der Waals surface area contributed by atoms with E-state index in [1.54, 1.807) is 0 Å². The molecule has 0 aromatic carbocycles. The molecule has 2 atom stereocenters. The van der Waals surface area contributed by atoms with Gasteiger partial charge in [-0.2, -0.15) is 0 Å². The Balaban J connectivity index is 2.21. The predicted octanol–water partition coefficient (Wildman–Crippen LogP) is 3.58. The zero-order chi connectivity index (χ0) is 17.2. The van der Waals surface area contributed by atoms with Crippen LogP contribution in [-0.4, -0.2) is 53.0 Å². The van der Waals surface area contributed by atoms with Gasteiger partial charge in [-0.25, -0.2) is 4.79 Å². The molecule has 1 fully saturated rings. The monoisotopic (exact) mass is 319 g/mol. The van der Waals surface area contributed by atoms with Gasteiger partial charge in [0.2, 0.25) is 0 Å². The summed E-state index contributed by atoms with van der Waals surface area (Å²) >= 11 is 0. The molecule has 0 aromatic rings. The Hall–Kier alpha value is -1.78. The lowest BCUT2D eigenvalue weighted by Crippen LogP contribution is -2.48. The van der Waals surface area contributed by atoms with Crippen LogP contribution in [0, 0.1) is 0 Å². The van der Waals surface area contributed by atoms with Crippen molar-refractivity contribution in [1.82, 2.24) is 9.80 Å². The number of likely N-dealkylation sites (tertiary alicyclic amines) is 1. The number of ether oxygens (including phenoxy) is 1. The van der Waals surface area contributed by atoms with Crippen LogP contribution in [0.15, 0.2) is 28.9 Å². The van der Waals surface area contributed by atoms with Crippen LogP contribution in [-0.2, 0) is 4.74 Å². The van der Waals surface area contributed by atoms with E-state index in [0.717, 1.165) is 30.8 Å². The van der Waals surface area contributed by atoms with Crippen molar-refractivity contribution in [2.75, 3.05) is 13.6 Å². The molecule has 2 aliphatic heterocycles. The summed E-state index contributed by atoms with van der Waals surface area (Å²) in [5.74, 6) is 0. The normalized spacial score (nSPS) is 27.2. The number of carbonyl (C=O) groups is 1. The molecule has 2 heterocycles. The van der Waals surface area contributed by atoms with Gasteiger partial charge in [0.1, 0.15) is 11.8 Å². The van der Waals surface area contributed by atoms with E-state index in [0.29, 0.717) is 0 Å². The van der Waals surface area contributed by atoms with Crippen LogP contribution in [0.1, 0.15) is 47.5 Å². The molecule has 1 amide bonds. The van der Waals surface area contributed by atoms with Gasteiger partial charge in [0.25, 0.3) is 0 Å². The number of aliphatic imine (C=N–C) groups is 1. The molecule has 0 saturated carbocycles. The van der Waals surface area contributed by atoms with Crippen LogP contribution in [0.2, 0.25) is 0 Å². The first-order valence-electron chi connectivity index (χ1n) is 8.38. The Morgan fingerprint density at radius 2 is 2.04 bits per heavy atom. The van der Waals surface area contributed by atoms with Crippen LogP contribution in [0.3, 0.4) is 0 Å². The minimum atomic E-state index is -0.473. The van der Waals surface area contributed by atoms with Gasteiger partial charge in [-0.15, -0.1) is 0 Å². The lowest BCUT2D eigenvalue weighted by molar-refractivity contribution is 0.0169. The van der Waals surface area contributed by atoms with Gasteiger partial charge in [-0.1, -0.05) is 12.2 Å². The lowest BCUT2D eigenvalue weighted by atomic mass is 10.1. The second-order valence-electron chi connectivity index (χ2n) is 7.10. The van der Waals surface area contributed by atoms with Crippen molar-refractivity contribution >= 4 is 11.8 Å². The molecule has 0 radical (unpaired) electrons. The number of carbonyl (C=O) groups excluding carboxylic acids is 1. The molecule has 128 valence electrons. The Morgan fingerprint density at radius 1 is 1.35 bits per heavy atom. The standard InChI is InChI=1S/C18H29N3O2/c1-7-10-13-14(8-2)20(6)16(19-13)15-11-9-12-21(15)17(22)23-18(3,4)5/h7-8,10,15-16H,9,11-12H2,1-6H3/b10-7-,14-8+. The Bertz CT molecular complexity index is 543. The largest absolute Gasteiger partial charge is 0.444 e. The van der Waals surface area contributed by atoms with Crippen LogP contribution >= 0.6 is 0 Å². The summed E-state index contributed by atoms with van der Waals surface area (Å²) in [6.45, 7) is 10.5.